The smallest absolute Gasteiger partial charge is 0.188 e. The Balaban J connectivity index is 0.00000261. The van der Waals surface area contributed by atoms with Crippen LogP contribution in [0.3, 0.4) is 0 Å². The van der Waals surface area contributed by atoms with Gasteiger partial charge in [0.25, 0.3) is 0 Å². The molecule has 7 heteroatoms. The van der Waals surface area contributed by atoms with Crippen LogP contribution in [0, 0.1) is 0 Å². The van der Waals surface area contributed by atoms with Crippen LogP contribution < -0.4 is 11.1 Å². The Bertz CT molecular complexity index is 722. The Morgan fingerprint density at radius 1 is 1.33 bits per heavy atom. The molecule has 0 fully saturated rings. The molecule has 2 aromatic rings. The van der Waals surface area contributed by atoms with Gasteiger partial charge in [0.2, 0.25) is 0 Å². The van der Waals surface area contributed by atoms with E-state index in [0.29, 0.717) is 19.1 Å². The van der Waals surface area contributed by atoms with Gasteiger partial charge in [0, 0.05) is 31.1 Å². The van der Waals surface area contributed by atoms with Crippen molar-refractivity contribution in [2.75, 3.05) is 26.8 Å². The minimum absolute atomic E-state index is 0. The number of hydrogen-bond donors (Lipinski definition) is 2. The van der Waals surface area contributed by atoms with Crippen molar-refractivity contribution in [3.63, 3.8) is 0 Å². The number of halogens is 1. The first-order valence-electron chi connectivity index (χ1n) is 9.07. The zero-order valence-corrected chi connectivity index (χ0v) is 19.1. The molecule has 0 bridgehead atoms. The van der Waals surface area contributed by atoms with Gasteiger partial charge in [0.1, 0.15) is 0 Å². The summed E-state index contributed by atoms with van der Waals surface area (Å²) in [4.78, 5) is 8.66. The van der Waals surface area contributed by atoms with E-state index in [0.717, 1.165) is 19.5 Å². The van der Waals surface area contributed by atoms with Crippen molar-refractivity contribution >= 4 is 41.3 Å². The summed E-state index contributed by atoms with van der Waals surface area (Å²) in [6, 6.07) is 13.2. The predicted molar refractivity (Wildman–Crippen MR) is 124 cm³/mol. The third kappa shape index (κ3) is 6.17. The summed E-state index contributed by atoms with van der Waals surface area (Å²) in [7, 11) is 1.69. The van der Waals surface area contributed by atoms with E-state index in [-0.39, 0.29) is 36.1 Å². The number of ether oxygens (including phenoxy) is 1. The lowest BCUT2D eigenvalue weighted by Gasteiger charge is -2.34. The van der Waals surface area contributed by atoms with Crippen molar-refractivity contribution in [2.45, 2.75) is 32.0 Å². The normalized spacial score (nSPS) is 16.9. The monoisotopic (exact) mass is 500 g/mol. The highest BCUT2D eigenvalue weighted by atomic mass is 127. The Morgan fingerprint density at radius 3 is 2.85 bits per heavy atom. The van der Waals surface area contributed by atoms with Crippen molar-refractivity contribution in [3.05, 3.63) is 57.8 Å². The van der Waals surface area contributed by atoms with Crippen LogP contribution in [0.15, 0.2) is 46.8 Å². The van der Waals surface area contributed by atoms with Crippen molar-refractivity contribution < 1.29 is 4.74 Å². The van der Waals surface area contributed by atoms with Crippen LogP contribution in [0.1, 0.15) is 29.0 Å². The van der Waals surface area contributed by atoms with E-state index in [1.54, 1.807) is 7.11 Å². The number of nitrogens with zero attached hydrogens (tertiary/aromatic N) is 2. The van der Waals surface area contributed by atoms with E-state index in [1.165, 1.54) is 16.0 Å². The number of nitrogens with two attached hydrogens (primary N) is 1. The van der Waals surface area contributed by atoms with E-state index in [1.807, 2.05) is 18.3 Å². The van der Waals surface area contributed by atoms with Crippen molar-refractivity contribution in [3.8, 4) is 0 Å². The van der Waals surface area contributed by atoms with Crippen LogP contribution in [-0.4, -0.2) is 43.7 Å². The fraction of sp³-hybridized carbons (Fsp3) is 0.450. The summed E-state index contributed by atoms with van der Waals surface area (Å²) < 4.78 is 5.14. The molecule has 3 rings (SSSR count). The Hall–Kier alpha value is -1.16. The number of thiophene rings is 1. The largest absolute Gasteiger partial charge is 0.383 e. The highest BCUT2D eigenvalue weighted by molar-refractivity contribution is 14.0. The highest BCUT2D eigenvalue weighted by Gasteiger charge is 2.25. The maximum Gasteiger partial charge on any atom is 0.188 e. The van der Waals surface area contributed by atoms with Crippen LogP contribution in [-0.2, 0) is 17.7 Å². The average Bonchev–Trinajstić information content (AvgIpc) is 3.11. The molecule has 0 radical (unpaired) electrons. The number of guanidine groups is 1. The second-order valence-corrected chi connectivity index (χ2v) is 7.74. The molecule has 1 aromatic heterocycles. The number of fused-ring (bicyclic) bond motifs is 1. The van der Waals surface area contributed by atoms with Gasteiger partial charge in [-0.25, -0.2) is 0 Å². The number of methoxy groups -OCH3 is 1. The first-order chi connectivity index (χ1) is 12.7. The molecular formula is C20H29IN4OS. The summed E-state index contributed by atoms with van der Waals surface area (Å²) in [6.45, 7) is 5.30. The molecule has 0 aliphatic carbocycles. The van der Waals surface area contributed by atoms with Gasteiger partial charge >= 0.3 is 0 Å². The number of rotatable bonds is 7. The molecule has 5 nitrogen and oxygen atoms in total. The molecule has 3 N–H and O–H groups in total. The molecule has 2 atom stereocenters. The van der Waals surface area contributed by atoms with Crippen LogP contribution >= 0.6 is 35.3 Å². The molecular weight excluding hydrogens is 471 g/mol. The molecule has 0 saturated heterocycles. The quantitative estimate of drug-likeness (QED) is 0.348. The average molecular weight is 500 g/mol. The molecule has 2 unspecified atom stereocenters. The maximum atomic E-state index is 6.09. The first-order valence-corrected chi connectivity index (χ1v) is 9.95. The Morgan fingerprint density at radius 2 is 2.11 bits per heavy atom. The summed E-state index contributed by atoms with van der Waals surface area (Å²) in [5, 5.41) is 5.39. The van der Waals surface area contributed by atoms with Crippen LogP contribution in [0.25, 0.3) is 0 Å². The lowest BCUT2D eigenvalue weighted by molar-refractivity contribution is 0.178. The molecule has 1 aliphatic rings. The molecule has 0 amide bonds. The summed E-state index contributed by atoms with van der Waals surface area (Å²) in [6.07, 6.45) is 1.11. The van der Waals surface area contributed by atoms with Gasteiger partial charge < -0.3 is 15.8 Å². The van der Waals surface area contributed by atoms with Crippen molar-refractivity contribution in [2.24, 2.45) is 10.7 Å². The standard InChI is InChI=1S/C20H28N4OS.HI/c1-15(14-25-2)23-20(21)22-12-18(16-6-4-3-5-7-16)24-10-8-19-17(13-24)9-11-26-19;/h3-7,9,11,15,18H,8,10,12-14H2,1-2H3,(H3,21,22,23);1H. The fourth-order valence-electron chi connectivity index (χ4n) is 3.42. The van der Waals surface area contributed by atoms with Crippen LogP contribution in [0.2, 0.25) is 0 Å². The zero-order chi connectivity index (χ0) is 18.4. The summed E-state index contributed by atoms with van der Waals surface area (Å²) >= 11 is 1.87. The van der Waals surface area contributed by atoms with Gasteiger partial charge in [-0.15, -0.1) is 35.3 Å². The van der Waals surface area contributed by atoms with Crippen molar-refractivity contribution in [1.82, 2.24) is 10.2 Å². The SMILES string of the molecule is COCC(C)NC(N)=NCC(c1ccccc1)N1CCc2sccc2C1.I. The van der Waals surface area contributed by atoms with E-state index in [9.17, 15) is 0 Å². The lowest BCUT2D eigenvalue weighted by Crippen LogP contribution is -2.41. The third-order valence-corrected chi connectivity index (χ3v) is 5.73. The Labute approximate surface area is 183 Å². The fourth-order valence-corrected chi connectivity index (χ4v) is 4.31. The van der Waals surface area contributed by atoms with Gasteiger partial charge in [0.05, 0.1) is 19.2 Å². The molecule has 0 spiro atoms. The van der Waals surface area contributed by atoms with Gasteiger partial charge in [-0.05, 0) is 35.9 Å². The van der Waals surface area contributed by atoms with E-state index < -0.39 is 0 Å². The van der Waals surface area contributed by atoms with Gasteiger partial charge in [-0.1, -0.05) is 30.3 Å². The number of nitrogens with one attached hydrogen (secondary N) is 1. The number of aliphatic imine (C=N–C) groups is 1. The molecule has 1 aliphatic heterocycles. The molecule has 27 heavy (non-hydrogen) atoms. The number of benzene rings is 1. The molecule has 1 aromatic carbocycles. The molecule has 0 saturated carbocycles. The predicted octanol–water partition coefficient (Wildman–Crippen LogP) is 3.40. The van der Waals surface area contributed by atoms with Gasteiger partial charge in [-0.3, -0.25) is 9.89 Å². The zero-order valence-electron chi connectivity index (χ0n) is 15.9. The molecule has 2 heterocycles. The molecule has 148 valence electrons. The Kier molecular flexibility index (Phi) is 9.01. The maximum absolute atomic E-state index is 6.09. The topological polar surface area (TPSA) is 62.9 Å². The van der Waals surface area contributed by atoms with Gasteiger partial charge in [-0.2, -0.15) is 0 Å². The number of hydrogen-bond acceptors (Lipinski definition) is 4. The van der Waals surface area contributed by atoms with E-state index in [2.05, 4.69) is 57.0 Å². The minimum atomic E-state index is 0. The second-order valence-electron chi connectivity index (χ2n) is 6.74. The summed E-state index contributed by atoms with van der Waals surface area (Å²) in [5.41, 5.74) is 8.82. The van der Waals surface area contributed by atoms with Gasteiger partial charge in [0.15, 0.2) is 5.96 Å². The third-order valence-electron chi connectivity index (χ3n) is 4.71. The van der Waals surface area contributed by atoms with E-state index in [4.69, 9.17) is 10.5 Å². The lowest BCUT2D eigenvalue weighted by atomic mass is 10.0. The second kappa shape index (κ2) is 11.0. The van der Waals surface area contributed by atoms with Crippen LogP contribution in [0.4, 0.5) is 0 Å². The first kappa shape index (κ1) is 22.1. The van der Waals surface area contributed by atoms with Crippen molar-refractivity contribution in [1.29, 1.82) is 0 Å². The highest BCUT2D eigenvalue weighted by Crippen LogP contribution is 2.30. The van der Waals surface area contributed by atoms with Crippen LogP contribution in [0.5, 0.6) is 0 Å². The summed E-state index contributed by atoms with van der Waals surface area (Å²) in [5.74, 6) is 0.476. The van der Waals surface area contributed by atoms with E-state index >= 15 is 0 Å². The minimum Gasteiger partial charge on any atom is -0.383 e.